The fourth-order valence-electron chi connectivity index (χ4n) is 2.18. The Morgan fingerprint density at radius 1 is 1.37 bits per heavy atom. The number of hydrogen-bond acceptors (Lipinski definition) is 4. The highest BCUT2D eigenvalue weighted by atomic mass is 16.5. The Bertz CT molecular complexity index is 651. The summed E-state index contributed by atoms with van der Waals surface area (Å²) in [4.78, 5) is 18.1. The summed E-state index contributed by atoms with van der Waals surface area (Å²) in [5.41, 5.74) is 8.39. The van der Waals surface area contributed by atoms with Gasteiger partial charge < -0.3 is 15.4 Å². The minimum atomic E-state index is -0.517. The molecule has 0 aliphatic carbocycles. The van der Waals surface area contributed by atoms with Crippen LogP contribution in [0.1, 0.15) is 16.1 Å². The molecule has 0 aliphatic heterocycles. The van der Waals surface area contributed by atoms with Gasteiger partial charge in [-0.25, -0.2) is 0 Å². The number of hydrogen-bond donors (Lipinski definition) is 1. The molecule has 0 unspecified atom stereocenters. The van der Waals surface area contributed by atoms with Gasteiger partial charge in [-0.1, -0.05) is 0 Å². The Balaban J connectivity index is 2.97. The average molecular weight is 259 g/mol. The van der Waals surface area contributed by atoms with Crippen molar-refractivity contribution in [3.05, 3.63) is 29.5 Å². The van der Waals surface area contributed by atoms with Crippen LogP contribution < -0.4 is 15.4 Å². The van der Waals surface area contributed by atoms with Crippen molar-refractivity contribution in [2.75, 3.05) is 26.1 Å². The number of aromatic nitrogens is 1. The number of methoxy groups -OCH3 is 1. The number of primary amides is 1. The topological polar surface area (TPSA) is 68.4 Å². The summed E-state index contributed by atoms with van der Waals surface area (Å²) >= 11 is 0. The van der Waals surface area contributed by atoms with Crippen LogP contribution in [-0.2, 0) is 0 Å². The third-order valence-electron chi connectivity index (χ3n) is 2.99. The first-order chi connectivity index (χ1) is 8.95. The summed E-state index contributed by atoms with van der Waals surface area (Å²) in [6, 6.07) is 5.48. The molecule has 5 heteroatoms. The van der Waals surface area contributed by atoms with E-state index in [0.717, 1.165) is 22.3 Å². The van der Waals surface area contributed by atoms with Crippen LogP contribution in [0.4, 0.5) is 5.69 Å². The van der Waals surface area contributed by atoms with Gasteiger partial charge in [-0.15, -0.1) is 0 Å². The monoisotopic (exact) mass is 259 g/mol. The van der Waals surface area contributed by atoms with E-state index in [2.05, 4.69) is 4.98 Å². The normalized spacial score (nSPS) is 10.5. The number of amides is 1. The van der Waals surface area contributed by atoms with Crippen LogP contribution in [-0.4, -0.2) is 32.1 Å². The highest BCUT2D eigenvalue weighted by Crippen LogP contribution is 2.33. The van der Waals surface area contributed by atoms with Crippen LogP contribution in [0.15, 0.2) is 18.2 Å². The SMILES string of the molecule is COc1ccc2nc(C)cc(N(C)C)c2c1C(N)=O. The number of nitrogens with two attached hydrogens (primary N) is 1. The van der Waals surface area contributed by atoms with Gasteiger partial charge in [-0.05, 0) is 25.1 Å². The maximum Gasteiger partial charge on any atom is 0.253 e. The van der Waals surface area contributed by atoms with E-state index in [9.17, 15) is 4.79 Å². The Hall–Kier alpha value is -2.30. The zero-order valence-electron chi connectivity index (χ0n) is 11.5. The van der Waals surface area contributed by atoms with E-state index in [-0.39, 0.29) is 0 Å². The number of carbonyl (C=O) groups is 1. The molecular weight excluding hydrogens is 242 g/mol. The number of pyridine rings is 1. The Labute approximate surface area is 112 Å². The van der Waals surface area contributed by atoms with Crippen molar-refractivity contribution >= 4 is 22.5 Å². The minimum absolute atomic E-state index is 0.371. The van der Waals surface area contributed by atoms with Gasteiger partial charge in [0.1, 0.15) is 5.75 Å². The molecule has 1 heterocycles. The number of benzene rings is 1. The van der Waals surface area contributed by atoms with Crippen molar-refractivity contribution in [1.29, 1.82) is 0 Å². The molecule has 0 saturated carbocycles. The summed E-state index contributed by atoms with van der Waals surface area (Å²) < 4.78 is 5.23. The quantitative estimate of drug-likeness (QED) is 0.911. The molecule has 5 nitrogen and oxygen atoms in total. The molecule has 0 fully saturated rings. The highest BCUT2D eigenvalue weighted by molar-refractivity contribution is 6.12. The van der Waals surface area contributed by atoms with Crippen molar-refractivity contribution in [2.24, 2.45) is 5.73 Å². The smallest absolute Gasteiger partial charge is 0.253 e. The predicted molar refractivity (Wildman–Crippen MR) is 75.9 cm³/mol. The van der Waals surface area contributed by atoms with E-state index >= 15 is 0 Å². The molecule has 0 aliphatic rings. The number of nitrogens with zero attached hydrogens (tertiary/aromatic N) is 2. The molecule has 0 saturated heterocycles. The van der Waals surface area contributed by atoms with Crippen molar-refractivity contribution in [2.45, 2.75) is 6.92 Å². The van der Waals surface area contributed by atoms with Gasteiger partial charge in [0.05, 0.1) is 18.2 Å². The van der Waals surface area contributed by atoms with E-state index in [4.69, 9.17) is 10.5 Å². The van der Waals surface area contributed by atoms with E-state index in [1.165, 1.54) is 7.11 Å². The maximum absolute atomic E-state index is 11.8. The van der Waals surface area contributed by atoms with Crippen molar-refractivity contribution in [1.82, 2.24) is 4.98 Å². The molecule has 19 heavy (non-hydrogen) atoms. The van der Waals surface area contributed by atoms with Crippen LogP contribution in [0.5, 0.6) is 5.75 Å². The van der Waals surface area contributed by atoms with Crippen LogP contribution >= 0.6 is 0 Å². The van der Waals surface area contributed by atoms with Crippen LogP contribution in [0.3, 0.4) is 0 Å². The van der Waals surface area contributed by atoms with Crippen molar-refractivity contribution < 1.29 is 9.53 Å². The van der Waals surface area contributed by atoms with Crippen molar-refractivity contribution in [3.8, 4) is 5.75 Å². The van der Waals surface area contributed by atoms with Gasteiger partial charge in [0.15, 0.2) is 0 Å². The molecule has 0 bridgehead atoms. The lowest BCUT2D eigenvalue weighted by Crippen LogP contribution is -2.16. The molecule has 0 radical (unpaired) electrons. The van der Waals surface area contributed by atoms with Crippen LogP contribution in [0.2, 0.25) is 0 Å². The summed E-state index contributed by atoms with van der Waals surface area (Å²) in [7, 11) is 5.35. The first kappa shape index (κ1) is 13.1. The average Bonchev–Trinajstić information content (AvgIpc) is 2.35. The minimum Gasteiger partial charge on any atom is -0.496 e. The molecule has 0 spiro atoms. The van der Waals surface area contributed by atoms with E-state index in [1.54, 1.807) is 6.07 Å². The molecular formula is C14H17N3O2. The lowest BCUT2D eigenvalue weighted by atomic mass is 10.0. The Morgan fingerprint density at radius 3 is 2.58 bits per heavy atom. The van der Waals surface area contributed by atoms with E-state index in [1.807, 2.05) is 38.1 Å². The number of anilines is 1. The van der Waals surface area contributed by atoms with Crippen LogP contribution in [0, 0.1) is 6.92 Å². The summed E-state index contributed by atoms with van der Waals surface area (Å²) in [6.45, 7) is 1.92. The highest BCUT2D eigenvalue weighted by Gasteiger charge is 2.18. The second-order valence-electron chi connectivity index (χ2n) is 4.58. The Morgan fingerprint density at radius 2 is 2.05 bits per heavy atom. The zero-order valence-corrected chi connectivity index (χ0v) is 11.5. The zero-order chi connectivity index (χ0) is 14.2. The molecule has 2 N–H and O–H groups in total. The summed E-state index contributed by atoms with van der Waals surface area (Å²) in [5.74, 6) is -0.0510. The summed E-state index contributed by atoms with van der Waals surface area (Å²) in [5, 5.41) is 0.724. The Kier molecular flexibility index (Phi) is 3.29. The first-order valence-corrected chi connectivity index (χ1v) is 5.91. The molecule has 1 aromatic carbocycles. The fourth-order valence-corrected chi connectivity index (χ4v) is 2.18. The van der Waals surface area contributed by atoms with Crippen LogP contribution in [0.25, 0.3) is 10.9 Å². The maximum atomic E-state index is 11.8. The molecule has 2 aromatic rings. The van der Waals surface area contributed by atoms with E-state index in [0.29, 0.717) is 11.3 Å². The van der Waals surface area contributed by atoms with Crippen molar-refractivity contribution in [3.63, 3.8) is 0 Å². The standard InChI is InChI=1S/C14H17N3O2/c1-8-7-10(17(2)3)12-9(16-8)5-6-11(19-4)13(12)14(15)18/h5-7H,1-4H3,(H2,15,18). The van der Waals surface area contributed by atoms with Gasteiger partial charge in [0.2, 0.25) is 0 Å². The first-order valence-electron chi connectivity index (χ1n) is 5.91. The van der Waals surface area contributed by atoms with Gasteiger partial charge >= 0.3 is 0 Å². The number of carbonyl (C=O) groups excluding carboxylic acids is 1. The predicted octanol–water partition coefficient (Wildman–Crippen LogP) is 1.72. The number of ether oxygens (including phenoxy) is 1. The third kappa shape index (κ3) is 2.19. The second-order valence-corrected chi connectivity index (χ2v) is 4.58. The molecule has 0 atom stereocenters. The molecule has 2 rings (SSSR count). The lowest BCUT2D eigenvalue weighted by Gasteiger charge is -2.19. The van der Waals surface area contributed by atoms with Gasteiger partial charge in [0.25, 0.3) is 5.91 Å². The van der Waals surface area contributed by atoms with E-state index < -0.39 is 5.91 Å². The van der Waals surface area contributed by atoms with Gasteiger partial charge in [0, 0.05) is 30.9 Å². The fraction of sp³-hybridized carbons (Fsp3) is 0.286. The molecule has 1 aromatic heterocycles. The largest absolute Gasteiger partial charge is 0.496 e. The number of fused-ring (bicyclic) bond motifs is 1. The second kappa shape index (κ2) is 4.76. The molecule has 100 valence electrons. The number of aryl methyl sites for hydroxylation is 1. The third-order valence-corrected chi connectivity index (χ3v) is 2.99. The van der Waals surface area contributed by atoms with Gasteiger partial charge in [-0.3, -0.25) is 9.78 Å². The number of rotatable bonds is 3. The lowest BCUT2D eigenvalue weighted by molar-refractivity contribution is 0.0999. The molecule has 1 amide bonds. The van der Waals surface area contributed by atoms with Gasteiger partial charge in [-0.2, -0.15) is 0 Å². The summed E-state index contributed by atoms with van der Waals surface area (Å²) in [6.07, 6.45) is 0.